The Kier molecular flexibility index (Phi) is 3.78. The average Bonchev–Trinajstić information content (AvgIpc) is 2.81. The van der Waals surface area contributed by atoms with E-state index in [1.165, 1.54) is 0 Å². The molecule has 1 aromatic rings. The van der Waals surface area contributed by atoms with Crippen LogP contribution < -0.4 is 10.2 Å². The fourth-order valence-corrected chi connectivity index (χ4v) is 2.84. The first kappa shape index (κ1) is 13.9. The summed E-state index contributed by atoms with van der Waals surface area (Å²) in [6, 6.07) is 5.95. The third-order valence-corrected chi connectivity index (χ3v) is 4.19. The van der Waals surface area contributed by atoms with Gasteiger partial charge in [-0.3, -0.25) is 4.79 Å². The standard InChI is InChI=1S/C17H20N2O2/c1-11-6-7-12(2)16(8-11)21-10-17(20)19-18-15-9-13-4-3-5-14(13)15/h3-4,6-8,13-14H,5,9-10H2,1-2H3,(H,19,20)/b18-15+/t13-,14+/m1/s1. The summed E-state index contributed by atoms with van der Waals surface area (Å²) in [5, 5.41) is 4.22. The fourth-order valence-electron chi connectivity index (χ4n) is 2.84. The first-order valence-electron chi connectivity index (χ1n) is 7.35. The van der Waals surface area contributed by atoms with Crippen molar-refractivity contribution in [3.8, 4) is 5.75 Å². The predicted octanol–water partition coefficient (Wildman–Crippen LogP) is 2.75. The summed E-state index contributed by atoms with van der Waals surface area (Å²) >= 11 is 0. The van der Waals surface area contributed by atoms with Crippen molar-refractivity contribution in [3.05, 3.63) is 41.5 Å². The van der Waals surface area contributed by atoms with E-state index in [-0.39, 0.29) is 12.5 Å². The van der Waals surface area contributed by atoms with Crippen LogP contribution in [0.3, 0.4) is 0 Å². The Hall–Kier alpha value is -2.10. The highest BCUT2D eigenvalue weighted by atomic mass is 16.5. The van der Waals surface area contributed by atoms with Crippen molar-refractivity contribution >= 4 is 11.6 Å². The average molecular weight is 284 g/mol. The summed E-state index contributed by atoms with van der Waals surface area (Å²) in [6.07, 6.45) is 6.47. The minimum atomic E-state index is -0.210. The van der Waals surface area contributed by atoms with E-state index in [4.69, 9.17) is 4.74 Å². The first-order valence-corrected chi connectivity index (χ1v) is 7.35. The lowest BCUT2D eigenvalue weighted by molar-refractivity contribution is -0.123. The Morgan fingerprint density at radius 3 is 3.10 bits per heavy atom. The van der Waals surface area contributed by atoms with Gasteiger partial charge in [-0.15, -0.1) is 0 Å². The van der Waals surface area contributed by atoms with E-state index >= 15 is 0 Å². The minimum absolute atomic E-state index is 0.00653. The number of fused-ring (bicyclic) bond motifs is 1. The number of rotatable bonds is 4. The summed E-state index contributed by atoms with van der Waals surface area (Å²) in [5.74, 6) is 1.70. The molecule has 4 nitrogen and oxygen atoms in total. The van der Waals surface area contributed by atoms with Gasteiger partial charge < -0.3 is 4.74 Å². The van der Waals surface area contributed by atoms with E-state index in [1.54, 1.807) is 0 Å². The molecule has 3 rings (SSSR count). The number of hydrazone groups is 1. The van der Waals surface area contributed by atoms with Gasteiger partial charge in [-0.25, -0.2) is 5.43 Å². The molecule has 0 spiro atoms. The third kappa shape index (κ3) is 2.99. The molecule has 0 radical (unpaired) electrons. The zero-order valence-corrected chi connectivity index (χ0v) is 12.4. The molecule has 0 aromatic heterocycles. The number of hydrogen-bond donors (Lipinski definition) is 1. The monoisotopic (exact) mass is 284 g/mol. The van der Waals surface area contributed by atoms with E-state index in [0.29, 0.717) is 11.8 Å². The summed E-state index contributed by atoms with van der Waals surface area (Å²) in [6.45, 7) is 3.96. The highest BCUT2D eigenvalue weighted by Crippen LogP contribution is 2.39. The van der Waals surface area contributed by atoms with Gasteiger partial charge in [0.25, 0.3) is 5.91 Å². The van der Waals surface area contributed by atoms with Gasteiger partial charge in [-0.2, -0.15) is 5.10 Å². The Labute approximate surface area is 124 Å². The van der Waals surface area contributed by atoms with E-state index in [2.05, 4.69) is 22.7 Å². The van der Waals surface area contributed by atoms with Gasteiger partial charge in [0, 0.05) is 11.6 Å². The van der Waals surface area contributed by atoms with Gasteiger partial charge in [0.05, 0.1) is 0 Å². The molecule has 21 heavy (non-hydrogen) atoms. The molecule has 1 saturated carbocycles. The van der Waals surface area contributed by atoms with Gasteiger partial charge in [0.1, 0.15) is 5.75 Å². The Morgan fingerprint density at radius 2 is 2.29 bits per heavy atom. The summed E-state index contributed by atoms with van der Waals surface area (Å²) in [5.41, 5.74) is 5.84. The second-order valence-electron chi connectivity index (χ2n) is 5.83. The SMILES string of the molecule is Cc1ccc(C)c(OCC(=O)N/N=C2\C[C@H]3C=CC[C@H]23)c1. The van der Waals surface area contributed by atoms with Crippen molar-refractivity contribution in [2.75, 3.05) is 6.61 Å². The second kappa shape index (κ2) is 5.72. The first-order chi connectivity index (χ1) is 10.1. The molecule has 0 heterocycles. The van der Waals surface area contributed by atoms with Crippen LogP contribution in [0.15, 0.2) is 35.5 Å². The summed E-state index contributed by atoms with van der Waals surface area (Å²) < 4.78 is 5.56. The van der Waals surface area contributed by atoms with Crippen molar-refractivity contribution in [2.45, 2.75) is 26.7 Å². The number of allylic oxidation sites excluding steroid dienone is 2. The van der Waals surface area contributed by atoms with Crippen LogP contribution in [0, 0.1) is 25.7 Å². The molecule has 2 aliphatic rings. The number of amides is 1. The summed E-state index contributed by atoms with van der Waals surface area (Å²) in [7, 11) is 0. The van der Waals surface area contributed by atoms with Gasteiger partial charge in [0.2, 0.25) is 0 Å². The van der Waals surface area contributed by atoms with Crippen LogP contribution in [-0.2, 0) is 4.79 Å². The molecular weight excluding hydrogens is 264 g/mol. The van der Waals surface area contributed by atoms with Crippen LogP contribution >= 0.6 is 0 Å². The van der Waals surface area contributed by atoms with Gasteiger partial charge >= 0.3 is 0 Å². The molecule has 1 aromatic carbocycles. The smallest absolute Gasteiger partial charge is 0.277 e. The molecule has 0 aliphatic heterocycles. The van der Waals surface area contributed by atoms with Gasteiger partial charge in [0.15, 0.2) is 6.61 Å². The van der Waals surface area contributed by atoms with Crippen LogP contribution in [0.1, 0.15) is 24.0 Å². The molecule has 2 atom stereocenters. The van der Waals surface area contributed by atoms with Crippen molar-refractivity contribution in [3.63, 3.8) is 0 Å². The third-order valence-electron chi connectivity index (χ3n) is 4.19. The Bertz CT molecular complexity index is 619. The zero-order valence-electron chi connectivity index (χ0n) is 12.4. The Morgan fingerprint density at radius 1 is 1.43 bits per heavy atom. The lowest BCUT2D eigenvalue weighted by Gasteiger charge is -2.31. The van der Waals surface area contributed by atoms with E-state index in [1.807, 2.05) is 32.0 Å². The number of carbonyl (C=O) groups is 1. The number of aryl methyl sites for hydroxylation is 2. The number of ether oxygens (including phenoxy) is 1. The molecule has 1 fully saturated rings. The normalized spacial score (nSPS) is 24.6. The van der Waals surface area contributed by atoms with Crippen molar-refractivity contribution in [2.24, 2.45) is 16.9 Å². The molecule has 0 unspecified atom stereocenters. The number of carbonyl (C=O) groups excluding carboxylic acids is 1. The zero-order chi connectivity index (χ0) is 14.8. The second-order valence-corrected chi connectivity index (χ2v) is 5.83. The van der Waals surface area contributed by atoms with E-state index < -0.39 is 0 Å². The number of hydrogen-bond acceptors (Lipinski definition) is 3. The van der Waals surface area contributed by atoms with Crippen molar-refractivity contribution in [1.29, 1.82) is 0 Å². The van der Waals surface area contributed by atoms with Crippen molar-refractivity contribution in [1.82, 2.24) is 5.43 Å². The predicted molar refractivity (Wildman–Crippen MR) is 82.3 cm³/mol. The van der Waals surface area contributed by atoms with Crippen molar-refractivity contribution < 1.29 is 9.53 Å². The Balaban J connectivity index is 1.49. The lowest BCUT2D eigenvalue weighted by atomic mass is 9.74. The highest BCUT2D eigenvalue weighted by Gasteiger charge is 2.37. The largest absolute Gasteiger partial charge is 0.483 e. The number of benzene rings is 1. The van der Waals surface area contributed by atoms with E-state index in [0.717, 1.165) is 35.4 Å². The topological polar surface area (TPSA) is 50.7 Å². The fraction of sp³-hybridized carbons (Fsp3) is 0.412. The maximum absolute atomic E-state index is 11.8. The maximum Gasteiger partial charge on any atom is 0.277 e. The molecular formula is C17H20N2O2. The highest BCUT2D eigenvalue weighted by molar-refractivity contribution is 5.94. The van der Waals surface area contributed by atoms with Gasteiger partial charge in [-0.1, -0.05) is 24.3 Å². The molecule has 4 heteroatoms. The molecule has 1 amide bonds. The summed E-state index contributed by atoms with van der Waals surface area (Å²) in [4.78, 5) is 11.8. The number of nitrogens with one attached hydrogen (secondary N) is 1. The quantitative estimate of drug-likeness (QED) is 0.682. The molecule has 0 saturated heterocycles. The number of nitrogens with zero attached hydrogens (tertiary/aromatic N) is 1. The maximum atomic E-state index is 11.8. The molecule has 2 aliphatic carbocycles. The van der Waals surface area contributed by atoms with Crippen LogP contribution in [-0.4, -0.2) is 18.2 Å². The van der Waals surface area contributed by atoms with Crippen LogP contribution in [0.4, 0.5) is 0 Å². The minimum Gasteiger partial charge on any atom is -0.483 e. The van der Waals surface area contributed by atoms with E-state index in [9.17, 15) is 4.79 Å². The van der Waals surface area contributed by atoms with Crippen LogP contribution in [0.2, 0.25) is 0 Å². The molecule has 110 valence electrons. The lowest BCUT2D eigenvalue weighted by Crippen LogP contribution is -2.36. The van der Waals surface area contributed by atoms with Crippen LogP contribution in [0.5, 0.6) is 5.75 Å². The molecule has 0 bridgehead atoms. The molecule has 1 N–H and O–H groups in total. The van der Waals surface area contributed by atoms with Gasteiger partial charge in [-0.05, 0) is 49.8 Å². The van der Waals surface area contributed by atoms with Crippen LogP contribution in [0.25, 0.3) is 0 Å².